The first-order chi connectivity index (χ1) is 16.9. The summed E-state index contributed by atoms with van der Waals surface area (Å²) >= 11 is 0. The number of rotatable bonds is 6. The van der Waals surface area contributed by atoms with E-state index in [9.17, 15) is 14.4 Å². The van der Waals surface area contributed by atoms with Gasteiger partial charge in [-0.25, -0.2) is 9.78 Å². The molecule has 1 atom stereocenters. The predicted molar refractivity (Wildman–Crippen MR) is 129 cm³/mol. The molecule has 1 aliphatic heterocycles. The summed E-state index contributed by atoms with van der Waals surface area (Å²) in [6, 6.07) is 16.6. The van der Waals surface area contributed by atoms with Crippen molar-refractivity contribution in [1.29, 1.82) is 0 Å². The van der Waals surface area contributed by atoms with Crippen molar-refractivity contribution >= 4 is 17.8 Å². The van der Waals surface area contributed by atoms with E-state index >= 15 is 0 Å². The van der Waals surface area contributed by atoms with E-state index in [0.29, 0.717) is 18.7 Å². The van der Waals surface area contributed by atoms with Gasteiger partial charge in [-0.15, -0.1) is 0 Å². The summed E-state index contributed by atoms with van der Waals surface area (Å²) in [7, 11) is 0. The Morgan fingerprint density at radius 1 is 1.14 bits per heavy atom. The Kier molecular flexibility index (Phi) is 5.72. The molecule has 1 fully saturated rings. The van der Waals surface area contributed by atoms with Crippen molar-refractivity contribution in [2.45, 2.75) is 38.8 Å². The molecule has 178 valence electrons. The molecule has 0 saturated carbocycles. The van der Waals surface area contributed by atoms with Crippen LogP contribution in [0.3, 0.4) is 0 Å². The number of nitrogens with zero attached hydrogens (tertiary/aromatic N) is 2. The number of urea groups is 1. The number of hydrogen-bond acceptors (Lipinski definition) is 5. The average Bonchev–Trinajstić information content (AvgIpc) is 3.34. The highest BCUT2D eigenvalue weighted by Crippen LogP contribution is 2.41. The number of imide groups is 1. The van der Waals surface area contributed by atoms with Crippen molar-refractivity contribution in [2.24, 2.45) is 0 Å². The van der Waals surface area contributed by atoms with Gasteiger partial charge in [-0.3, -0.25) is 14.5 Å². The lowest BCUT2D eigenvalue weighted by molar-refractivity contribution is -0.135. The average molecular weight is 471 g/mol. The third kappa shape index (κ3) is 4.23. The van der Waals surface area contributed by atoms with Gasteiger partial charge in [0.1, 0.15) is 17.8 Å². The van der Waals surface area contributed by atoms with Crippen molar-refractivity contribution in [3.63, 3.8) is 0 Å². The molecule has 2 N–H and O–H groups in total. The van der Waals surface area contributed by atoms with Crippen LogP contribution in [-0.4, -0.2) is 34.3 Å². The second kappa shape index (κ2) is 8.87. The lowest BCUT2D eigenvalue weighted by Crippen LogP contribution is -2.43. The highest BCUT2D eigenvalue weighted by Gasteiger charge is 2.55. The smallest absolute Gasteiger partial charge is 0.325 e. The first-order valence-corrected chi connectivity index (χ1v) is 11.5. The van der Waals surface area contributed by atoms with E-state index in [4.69, 9.17) is 4.74 Å². The number of amides is 4. The highest BCUT2D eigenvalue weighted by molar-refractivity contribution is 6.09. The van der Waals surface area contributed by atoms with Gasteiger partial charge in [-0.2, -0.15) is 0 Å². The summed E-state index contributed by atoms with van der Waals surface area (Å²) < 4.78 is 5.87. The monoisotopic (exact) mass is 470 g/mol. The van der Waals surface area contributed by atoms with E-state index in [2.05, 4.69) is 15.6 Å². The maximum atomic E-state index is 13.2. The Hall–Kier alpha value is -4.20. The minimum Gasteiger partial charge on any atom is -0.439 e. The number of ether oxygens (including phenoxy) is 1. The molecule has 3 aromatic rings. The number of aromatic nitrogens is 1. The van der Waals surface area contributed by atoms with Crippen molar-refractivity contribution in [3.8, 4) is 11.6 Å². The Bertz CT molecular complexity index is 1320. The third-order valence-corrected chi connectivity index (χ3v) is 6.57. The fourth-order valence-electron chi connectivity index (χ4n) is 4.64. The molecule has 1 aromatic heterocycles. The zero-order valence-corrected chi connectivity index (χ0v) is 19.6. The zero-order chi connectivity index (χ0) is 24.6. The lowest BCUT2D eigenvalue weighted by atomic mass is 9.92. The molecule has 2 aliphatic rings. The zero-order valence-electron chi connectivity index (χ0n) is 19.6. The maximum Gasteiger partial charge on any atom is 0.325 e. The van der Waals surface area contributed by atoms with Crippen molar-refractivity contribution in [2.75, 3.05) is 6.54 Å². The minimum atomic E-state index is -1.07. The van der Waals surface area contributed by atoms with Gasteiger partial charge < -0.3 is 15.4 Å². The van der Waals surface area contributed by atoms with Gasteiger partial charge in [0.15, 0.2) is 0 Å². The molecule has 1 unspecified atom stereocenters. The van der Waals surface area contributed by atoms with Crippen LogP contribution in [0.15, 0.2) is 60.8 Å². The summed E-state index contributed by atoms with van der Waals surface area (Å²) in [6.07, 6.45) is 2.83. The normalized spacial score (nSPS) is 18.5. The molecule has 35 heavy (non-hydrogen) atoms. The molecule has 1 aliphatic carbocycles. The van der Waals surface area contributed by atoms with Crippen LogP contribution in [0.4, 0.5) is 4.79 Å². The van der Waals surface area contributed by atoms with Gasteiger partial charge in [0.05, 0.1) is 0 Å². The number of benzene rings is 2. The summed E-state index contributed by atoms with van der Waals surface area (Å²) in [5.41, 5.74) is 3.67. The van der Waals surface area contributed by atoms with Crippen LogP contribution in [-0.2, 0) is 28.1 Å². The molecule has 1 spiro atoms. The SMILES string of the molecule is Cc1ccc(C)c(Oc2ccc(CNC(=O)CN3C(=O)NC4(CCc5ccccc54)C3=O)cn2)c1. The number of carbonyl (C=O) groups excluding carboxylic acids is 3. The van der Waals surface area contributed by atoms with Gasteiger partial charge in [-0.1, -0.05) is 42.5 Å². The number of nitrogens with one attached hydrogen (secondary N) is 2. The van der Waals surface area contributed by atoms with Crippen LogP contribution >= 0.6 is 0 Å². The second-order valence-corrected chi connectivity index (χ2v) is 9.04. The van der Waals surface area contributed by atoms with Crippen LogP contribution in [0.1, 0.15) is 34.2 Å². The van der Waals surface area contributed by atoms with Gasteiger partial charge in [0.25, 0.3) is 5.91 Å². The number of aryl methyl sites for hydroxylation is 3. The lowest BCUT2D eigenvalue weighted by Gasteiger charge is -2.22. The van der Waals surface area contributed by atoms with E-state index in [-0.39, 0.29) is 19.0 Å². The highest BCUT2D eigenvalue weighted by atomic mass is 16.5. The van der Waals surface area contributed by atoms with E-state index in [1.54, 1.807) is 12.3 Å². The van der Waals surface area contributed by atoms with Gasteiger partial charge in [-0.05, 0) is 60.6 Å². The van der Waals surface area contributed by atoms with Crippen LogP contribution in [0.5, 0.6) is 11.6 Å². The Balaban J connectivity index is 1.18. The molecule has 1 saturated heterocycles. The van der Waals surface area contributed by atoms with Crippen molar-refractivity contribution in [3.05, 3.63) is 88.6 Å². The van der Waals surface area contributed by atoms with E-state index in [1.807, 2.05) is 62.4 Å². The molecule has 5 rings (SSSR count). The molecule has 0 bridgehead atoms. The molecule has 8 heteroatoms. The number of pyridine rings is 1. The van der Waals surface area contributed by atoms with Crippen LogP contribution in [0.25, 0.3) is 0 Å². The topological polar surface area (TPSA) is 101 Å². The van der Waals surface area contributed by atoms with E-state index < -0.39 is 17.5 Å². The predicted octanol–water partition coefficient (Wildman–Crippen LogP) is 3.50. The summed E-state index contributed by atoms with van der Waals surface area (Å²) in [5.74, 6) is 0.398. The largest absolute Gasteiger partial charge is 0.439 e. The van der Waals surface area contributed by atoms with Gasteiger partial charge in [0, 0.05) is 18.8 Å². The first kappa shape index (κ1) is 22.6. The first-order valence-electron chi connectivity index (χ1n) is 11.5. The summed E-state index contributed by atoms with van der Waals surface area (Å²) in [5, 5.41) is 5.59. The fraction of sp³-hybridized carbons (Fsp3) is 0.259. The minimum absolute atomic E-state index is 0.215. The Morgan fingerprint density at radius 3 is 2.77 bits per heavy atom. The van der Waals surface area contributed by atoms with E-state index in [1.165, 1.54) is 0 Å². The number of hydrogen-bond donors (Lipinski definition) is 2. The molecular formula is C27H26N4O4. The van der Waals surface area contributed by atoms with Gasteiger partial charge >= 0.3 is 6.03 Å². The van der Waals surface area contributed by atoms with E-state index in [0.717, 1.165) is 38.5 Å². The number of carbonyl (C=O) groups is 3. The van der Waals surface area contributed by atoms with Crippen molar-refractivity contribution < 1.29 is 19.1 Å². The molecule has 2 aromatic carbocycles. The quantitative estimate of drug-likeness (QED) is 0.537. The Labute approximate surface area is 203 Å². The molecule has 0 radical (unpaired) electrons. The van der Waals surface area contributed by atoms with Crippen LogP contribution < -0.4 is 15.4 Å². The molecule has 2 heterocycles. The molecular weight excluding hydrogens is 444 g/mol. The summed E-state index contributed by atoms with van der Waals surface area (Å²) in [4.78, 5) is 43.6. The van der Waals surface area contributed by atoms with Crippen molar-refractivity contribution in [1.82, 2.24) is 20.5 Å². The number of fused-ring (bicyclic) bond motifs is 2. The third-order valence-electron chi connectivity index (χ3n) is 6.57. The second-order valence-electron chi connectivity index (χ2n) is 9.04. The standard InChI is InChI=1S/C27H26N4O4/c1-17-7-8-18(2)22(13-17)35-24-10-9-19(15-29-24)14-28-23(32)16-31-25(33)27(30-26(31)34)12-11-20-5-3-4-6-21(20)27/h3-10,13,15H,11-12,14,16H2,1-2H3,(H,28,32)(H,30,34). The fourth-order valence-corrected chi connectivity index (χ4v) is 4.64. The Morgan fingerprint density at radius 2 is 1.97 bits per heavy atom. The molecule has 8 nitrogen and oxygen atoms in total. The summed E-state index contributed by atoms with van der Waals surface area (Å²) in [6.45, 7) is 3.84. The molecule has 4 amide bonds. The van der Waals surface area contributed by atoms with Gasteiger partial charge in [0.2, 0.25) is 11.8 Å². The van der Waals surface area contributed by atoms with Crippen LogP contribution in [0.2, 0.25) is 0 Å². The van der Waals surface area contributed by atoms with Crippen LogP contribution in [0, 0.1) is 13.8 Å². The maximum absolute atomic E-state index is 13.2.